The number of amides is 1. The molecular weight excluding hydrogens is 238 g/mol. The molecule has 0 atom stereocenters. The van der Waals surface area contributed by atoms with Gasteiger partial charge in [0.15, 0.2) is 0 Å². The van der Waals surface area contributed by atoms with E-state index >= 15 is 0 Å². The molecule has 0 aromatic carbocycles. The molecule has 2 rings (SSSR count). The van der Waals surface area contributed by atoms with Crippen LogP contribution in [-0.4, -0.2) is 41.6 Å². The van der Waals surface area contributed by atoms with Crippen LogP contribution in [0.1, 0.15) is 36.3 Å². The second-order valence-corrected chi connectivity index (χ2v) is 4.81. The Morgan fingerprint density at radius 1 is 1.58 bits per heavy atom. The van der Waals surface area contributed by atoms with E-state index in [4.69, 9.17) is 6.42 Å². The maximum Gasteiger partial charge on any atom is 0.271 e. The number of carbonyl (C=O) groups excluding carboxylic acids is 1. The number of terminal acetylenes is 1. The SMILES string of the molecule is C#CCN(CC)C(=O)c1cccn1C1CCNCC1. The van der Waals surface area contributed by atoms with Crippen LogP contribution in [0.15, 0.2) is 18.3 Å². The second kappa shape index (κ2) is 6.44. The minimum absolute atomic E-state index is 0.0315. The van der Waals surface area contributed by atoms with E-state index in [9.17, 15) is 4.79 Å². The first kappa shape index (κ1) is 13.7. The van der Waals surface area contributed by atoms with Gasteiger partial charge in [0.1, 0.15) is 5.69 Å². The van der Waals surface area contributed by atoms with Gasteiger partial charge in [-0.25, -0.2) is 0 Å². The zero-order valence-electron chi connectivity index (χ0n) is 11.4. The lowest BCUT2D eigenvalue weighted by Gasteiger charge is -2.27. The van der Waals surface area contributed by atoms with Crippen molar-refractivity contribution in [2.75, 3.05) is 26.2 Å². The predicted molar refractivity (Wildman–Crippen MR) is 76.0 cm³/mol. The molecule has 0 unspecified atom stereocenters. The van der Waals surface area contributed by atoms with Crippen molar-refractivity contribution in [2.45, 2.75) is 25.8 Å². The number of nitrogens with one attached hydrogen (secondary N) is 1. The normalized spacial score (nSPS) is 16.0. The smallest absolute Gasteiger partial charge is 0.271 e. The van der Waals surface area contributed by atoms with Crippen LogP contribution in [0.2, 0.25) is 0 Å². The lowest BCUT2D eigenvalue weighted by Crippen LogP contribution is -2.35. The molecule has 1 N–H and O–H groups in total. The molecule has 2 heterocycles. The Balaban J connectivity index is 2.18. The molecular formula is C15H21N3O. The molecule has 4 nitrogen and oxygen atoms in total. The third kappa shape index (κ3) is 2.99. The van der Waals surface area contributed by atoms with Crippen molar-refractivity contribution < 1.29 is 4.79 Å². The Morgan fingerprint density at radius 2 is 2.32 bits per heavy atom. The Morgan fingerprint density at radius 3 is 2.95 bits per heavy atom. The minimum atomic E-state index is 0.0315. The maximum atomic E-state index is 12.5. The average Bonchev–Trinajstić information content (AvgIpc) is 2.94. The summed E-state index contributed by atoms with van der Waals surface area (Å²) in [6.07, 6.45) is 9.46. The van der Waals surface area contributed by atoms with Crippen LogP contribution in [0.25, 0.3) is 0 Å². The van der Waals surface area contributed by atoms with Crippen LogP contribution in [0.3, 0.4) is 0 Å². The van der Waals surface area contributed by atoms with Gasteiger partial charge in [0.2, 0.25) is 0 Å². The molecule has 1 amide bonds. The molecule has 0 radical (unpaired) electrons. The van der Waals surface area contributed by atoms with E-state index in [0.717, 1.165) is 31.6 Å². The van der Waals surface area contributed by atoms with E-state index in [0.29, 0.717) is 19.1 Å². The fourth-order valence-electron chi connectivity index (χ4n) is 2.58. The first-order chi connectivity index (χ1) is 9.27. The predicted octanol–water partition coefficient (Wildman–Crippen LogP) is 1.51. The number of piperidine rings is 1. The summed E-state index contributed by atoms with van der Waals surface area (Å²) >= 11 is 0. The van der Waals surface area contributed by atoms with Crippen molar-refractivity contribution in [2.24, 2.45) is 0 Å². The fourth-order valence-corrected chi connectivity index (χ4v) is 2.58. The van der Waals surface area contributed by atoms with Crippen LogP contribution < -0.4 is 5.32 Å². The number of nitrogens with zero attached hydrogens (tertiary/aromatic N) is 2. The van der Waals surface area contributed by atoms with Gasteiger partial charge in [-0.2, -0.15) is 0 Å². The summed E-state index contributed by atoms with van der Waals surface area (Å²) in [7, 11) is 0. The summed E-state index contributed by atoms with van der Waals surface area (Å²) in [6.45, 7) is 4.98. The molecule has 0 spiro atoms. The van der Waals surface area contributed by atoms with Gasteiger partial charge in [-0.3, -0.25) is 4.79 Å². The number of hydrogen-bond acceptors (Lipinski definition) is 2. The molecule has 1 aliphatic rings. The Bertz CT molecular complexity index is 466. The van der Waals surface area contributed by atoms with Gasteiger partial charge in [-0.1, -0.05) is 5.92 Å². The summed E-state index contributed by atoms with van der Waals surface area (Å²) in [5.41, 5.74) is 0.754. The van der Waals surface area contributed by atoms with Crippen LogP contribution >= 0.6 is 0 Å². The molecule has 0 bridgehead atoms. The highest BCUT2D eigenvalue weighted by molar-refractivity contribution is 5.93. The van der Waals surface area contributed by atoms with Gasteiger partial charge in [0.25, 0.3) is 5.91 Å². The molecule has 1 fully saturated rings. The highest BCUT2D eigenvalue weighted by Crippen LogP contribution is 2.22. The van der Waals surface area contributed by atoms with Gasteiger partial charge in [-0.15, -0.1) is 6.42 Å². The standard InChI is InChI=1S/C15H21N3O/c1-3-11-17(4-2)15(19)14-6-5-12-18(14)13-7-9-16-10-8-13/h1,5-6,12-13,16H,4,7-11H2,2H3. The molecule has 19 heavy (non-hydrogen) atoms. The molecule has 4 heteroatoms. The van der Waals surface area contributed by atoms with Gasteiger partial charge < -0.3 is 14.8 Å². The first-order valence-electron chi connectivity index (χ1n) is 6.88. The molecule has 1 saturated heterocycles. The van der Waals surface area contributed by atoms with Crippen LogP contribution in [0.4, 0.5) is 0 Å². The number of carbonyl (C=O) groups is 1. The topological polar surface area (TPSA) is 37.3 Å². The van der Waals surface area contributed by atoms with Crippen molar-refractivity contribution in [3.05, 3.63) is 24.0 Å². The van der Waals surface area contributed by atoms with Crippen molar-refractivity contribution in [1.82, 2.24) is 14.8 Å². The third-order valence-corrected chi connectivity index (χ3v) is 3.65. The van der Waals surface area contributed by atoms with Gasteiger partial charge in [0.05, 0.1) is 6.54 Å². The maximum absolute atomic E-state index is 12.5. The van der Waals surface area contributed by atoms with Crippen molar-refractivity contribution in [3.63, 3.8) is 0 Å². The fraction of sp³-hybridized carbons (Fsp3) is 0.533. The van der Waals surface area contributed by atoms with E-state index in [1.807, 2.05) is 25.3 Å². The Hall–Kier alpha value is -1.73. The number of hydrogen-bond donors (Lipinski definition) is 1. The molecule has 1 aromatic rings. The summed E-state index contributed by atoms with van der Waals surface area (Å²) in [5.74, 6) is 2.58. The van der Waals surface area contributed by atoms with E-state index in [2.05, 4.69) is 15.8 Å². The van der Waals surface area contributed by atoms with Crippen molar-refractivity contribution in [3.8, 4) is 12.3 Å². The number of aromatic nitrogens is 1. The molecule has 1 aliphatic heterocycles. The lowest BCUT2D eigenvalue weighted by atomic mass is 10.1. The highest BCUT2D eigenvalue weighted by atomic mass is 16.2. The summed E-state index contributed by atoms with van der Waals surface area (Å²) in [4.78, 5) is 14.2. The summed E-state index contributed by atoms with van der Waals surface area (Å²) in [6, 6.07) is 4.25. The zero-order valence-corrected chi connectivity index (χ0v) is 11.4. The van der Waals surface area contributed by atoms with Gasteiger partial charge in [0, 0.05) is 18.8 Å². The van der Waals surface area contributed by atoms with E-state index in [1.54, 1.807) is 4.90 Å². The highest BCUT2D eigenvalue weighted by Gasteiger charge is 2.22. The van der Waals surface area contributed by atoms with Gasteiger partial charge in [-0.05, 0) is 45.0 Å². The van der Waals surface area contributed by atoms with E-state index < -0.39 is 0 Å². The molecule has 1 aromatic heterocycles. The minimum Gasteiger partial charge on any atom is -0.340 e. The average molecular weight is 259 g/mol. The number of rotatable bonds is 4. The second-order valence-electron chi connectivity index (χ2n) is 4.81. The van der Waals surface area contributed by atoms with Crippen LogP contribution in [0.5, 0.6) is 0 Å². The monoisotopic (exact) mass is 259 g/mol. The molecule has 0 aliphatic carbocycles. The molecule has 102 valence electrons. The lowest BCUT2D eigenvalue weighted by molar-refractivity contribution is 0.0770. The largest absolute Gasteiger partial charge is 0.340 e. The molecule has 0 saturated carbocycles. The van der Waals surface area contributed by atoms with Gasteiger partial charge >= 0.3 is 0 Å². The van der Waals surface area contributed by atoms with E-state index in [-0.39, 0.29) is 5.91 Å². The summed E-state index contributed by atoms with van der Waals surface area (Å²) in [5, 5.41) is 3.34. The Kier molecular flexibility index (Phi) is 4.64. The Labute approximate surface area is 114 Å². The van der Waals surface area contributed by atoms with Crippen molar-refractivity contribution >= 4 is 5.91 Å². The summed E-state index contributed by atoms with van der Waals surface area (Å²) < 4.78 is 2.11. The zero-order chi connectivity index (χ0) is 13.7. The third-order valence-electron chi connectivity index (χ3n) is 3.65. The quantitative estimate of drug-likeness (QED) is 0.832. The first-order valence-corrected chi connectivity index (χ1v) is 6.88. The van der Waals surface area contributed by atoms with Crippen LogP contribution in [0, 0.1) is 12.3 Å². The van der Waals surface area contributed by atoms with Crippen molar-refractivity contribution in [1.29, 1.82) is 0 Å². The van der Waals surface area contributed by atoms with Crippen LogP contribution in [-0.2, 0) is 0 Å². The van der Waals surface area contributed by atoms with E-state index in [1.165, 1.54) is 0 Å².